The van der Waals surface area contributed by atoms with Crippen molar-refractivity contribution < 1.29 is 23.1 Å². The van der Waals surface area contributed by atoms with Crippen molar-refractivity contribution >= 4 is 27.5 Å². The lowest BCUT2D eigenvalue weighted by atomic mass is 9.81. The molecule has 1 saturated carbocycles. The quantitative estimate of drug-likeness (QED) is 0.832. The molecule has 0 radical (unpaired) electrons. The largest absolute Gasteiger partial charge is 0.481 e. The van der Waals surface area contributed by atoms with Gasteiger partial charge in [-0.25, -0.2) is 13.2 Å². The Hall–Kier alpha value is -2.09. The van der Waals surface area contributed by atoms with E-state index in [0.29, 0.717) is 25.1 Å². The van der Waals surface area contributed by atoms with Gasteiger partial charge in [-0.2, -0.15) is 0 Å². The topological polar surface area (TPSA) is 104 Å². The van der Waals surface area contributed by atoms with Crippen molar-refractivity contribution in [1.29, 1.82) is 0 Å². The van der Waals surface area contributed by atoms with E-state index in [1.165, 1.54) is 6.07 Å². The van der Waals surface area contributed by atoms with Crippen LogP contribution in [0, 0.1) is 11.3 Å². The molecule has 2 amide bonds. The number of carboxylic acids is 1. The van der Waals surface area contributed by atoms with E-state index < -0.39 is 21.2 Å². The highest BCUT2D eigenvalue weighted by molar-refractivity contribution is 7.91. The number of hydrogen-bond donors (Lipinski definition) is 2. The smallest absolute Gasteiger partial charge is 0.321 e. The number of nitrogens with zero attached hydrogens (tertiary/aromatic N) is 1. The number of sulfone groups is 1. The number of anilines is 1. The lowest BCUT2D eigenvalue weighted by Gasteiger charge is -2.23. The second-order valence-electron chi connectivity index (χ2n) is 7.25. The third-order valence-electron chi connectivity index (χ3n) is 5.88. The fourth-order valence-electron chi connectivity index (χ4n) is 4.48. The number of likely N-dealkylation sites (tertiary alicyclic amines) is 1. The van der Waals surface area contributed by atoms with Gasteiger partial charge in [0.25, 0.3) is 0 Å². The zero-order chi connectivity index (χ0) is 17.8. The van der Waals surface area contributed by atoms with Crippen molar-refractivity contribution in [3.05, 3.63) is 23.8 Å². The van der Waals surface area contributed by atoms with Crippen molar-refractivity contribution in [2.45, 2.75) is 30.6 Å². The van der Waals surface area contributed by atoms with Gasteiger partial charge in [-0.1, -0.05) is 12.5 Å². The second-order valence-corrected chi connectivity index (χ2v) is 9.33. The standard InChI is InChI=1S/C17H20N2O5S/c20-15(21)17-6-1-2-12(17)9-19(10-17)16(22)18-13-4-3-11-5-7-25(23,24)14(11)8-13/h3-4,8,12H,1-2,5-7,9-10H2,(H,18,22)(H,20,21)/t12-,17+/m0/s1. The zero-order valence-corrected chi connectivity index (χ0v) is 14.5. The van der Waals surface area contributed by atoms with Crippen LogP contribution in [0.15, 0.2) is 23.1 Å². The molecule has 1 aromatic rings. The summed E-state index contributed by atoms with van der Waals surface area (Å²) >= 11 is 0. The molecule has 7 nitrogen and oxygen atoms in total. The van der Waals surface area contributed by atoms with Crippen LogP contribution in [-0.2, 0) is 21.1 Å². The van der Waals surface area contributed by atoms with Crippen molar-refractivity contribution in [3.63, 3.8) is 0 Å². The molecule has 1 aromatic carbocycles. The first-order valence-corrected chi connectivity index (χ1v) is 10.1. The number of rotatable bonds is 2. The van der Waals surface area contributed by atoms with E-state index in [-0.39, 0.29) is 29.1 Å². The number of aliphatic carboxylic acids is 1. The van der Waals surface area contributed by atoms with Gasteiger partial charge in [-0.05, 0) is 42.9 Å². The van der Waals surface area contributed by atoms with E-state index in [1.807, 2.05) is 0 Å². The monoisotopic (exact) mass is 364 g/mol. The molecule has 0 bridgehead atoms. The molecule has 0 spiro atoms. The number of fused-ring (bicyclic) bond motifs is 2. The Morgan fingerprint density at radius 3 is 2.84 bits per heavy atom. The zero-order valence-electron chi connectivity index (χ0n) is 13.7. The summed E-state index contributed by atoms with van der Waals surface area (Å²) in [7, 11) is -3.26. The first-order chi connectivity index (χ1) is 11.8. The normalized spacial score (nSPS) is 29.3. The highest BCUT2D eigenvalue weighted by Crippen LogP contribution is 2.49. The highest BCUT2D eigenvalue weighted by atomic mass is 32.2. The minimum atomic E-state index is -3.26. The Labute approximate surface area is 145 Å². The number of carbonyl (C=O) groups excluding carboxylic acids is 1. The third-order valence-corrected chi connectivity index (χ3v) is 7.67. The van der Waals surface area contributed by atoms with Crippen LogP contribution in [-0.4, -0.2) is 49.3 Å². The highest BCUT2D eigenvalue weighted by Gasteiger charge is 2.55. The summed E-state index contributed by atoms with van der Waals surface area (Å²) in [4.78, 5) is 26.1. The van der Waals surface area contributed by atoms with Gasteiger partial charge in [0.15, 0.2) is 9.84 Å². The van der Waals surface area contributed by atoms with E-state index in [2.05, 4.69) is 5.32 Å². The molecule has 3 aliphatic rings. The molecule has 2 heterocycles. The molecule has 25 heavy (non-hydrogen) atoms. The first kappa shape index (κ1) is 16.4. The molecule has 2 aliphatic heterocycles. The molecular weight excluding hydrogens is 344 g/mol. The summed E-state index contributed by atoms with van der Waals surface area (Å²) < 4.78 is 24.0. The van der Waals surface area contributed by atoms with Gasteiger partial charge in [0.1, 0.15) is 0 Å². The fourth-order valence-corrected chi connectivity index (χ4v) is 6.06. The third kappa shape index (κ3) is 2.50. The van der Waals surface area contributed by atoms with Gasteiger partial charge >= 0.3 is 12.0 Å². The lowest BCUT2D eigenvalue weighted by molar-refractivity contribution is -0.149. The Bertz CT molecular complexity index is 866. The van der Waals surface area contributed by atoms with E-state index in [1.54, 1.807) is 17.0 Å². The van der Waals surface area contributed by atoms with Crippen LogP contribution in [0.25, 0.3) is 0 Å². The molecule has 0 aromatic heterocycles. The second kappa shape index (κ2) is 5.45. The molecular formula is C17H20N2O5S. The molecule has 1 saturated heterocycles. The Morgan fingerprint density at radius 2 is 2.12 bits per heavy atom. The van der Waals surface area contributed by atoms with Crippen LogP contribution >= 0.6 is 0 Å². The Morgan fingerprint density at radius 1 is 1.32 bits per heavy atom. The van der Waals surface area contributed by atoms with Crippen molar-refractivity contribution in [2.24, 2.45) is 11.3 Å². The molecule has 0 unspecified atom stereocenters. The molecule has 1 aliphatic carbocycles. The Kier molecular flexibility index (Phi) is 3.57. The number of carbonyl (C=O) groups is 2. The molecule has 2 N–H and O–H groups in total. The number of amides is 2. The van der Waals surface area contributed by atoms with Crippen LogP contribution in [0.4, 0.5) is 10.5 Å². The SMILES string of the molecule is O=C(Nc1ccc2c(c1)S(=O)(=O)CC2)N1C[C@@H]2CCC[C@@]2(C(=O)O)C1. The van der Waals surface area contributed by atoms with E-state index in [0.717, 1.165) is 18.4 Å². The van der Waals surface area contributed by atoms with Crippen LogP contribution in [0.1, 0.15) is 24.8 Å². The summed E-state index contributed by atoms with van der Waals surface area (Å²) in [5.41, 5.74) is 0.382. The summed E-state index contributed by atoms with van der Waals surface area (Å²) in [6.07, 6.45) is 2.82. The van der Waals surface area contributed by atoms with E-state index >= 15 is 0 Å². The number of benzene rings is 1. The van der Waals surface area contributed by atoms with Gasteiger partial charge < -0.3 is 15.3 Å². The van der Waals surface area contributed by atoms with Crippen LogP contribution < -0.4 is 5.32 Å². The number of carboxylic acid groups (broad SMARTS) is 1. The summed E-state index contributed by atoms with van der Waals surface area (Å²) in [6, 6.07) is 4.55. The van der Waals surface area contributed by atoms with Gasteiger partial charge in [-0.15, -0.1) is 0 Å². The van der Waals surface area contributed by atoms with Gasteiger partial charge in [0.2, 0.25) is 0 Å². The summed E-state index contributed by atoms with van der Waals surface area (Å²) in [6.45, 7) is 0.642. The lowest BCUT2D eigenvalue weighted by Crippen LogP contribution is -2.38. The number of nitrogens with one attached hydrogen (secondary N) is 1. The maximum atomic E-state index is 12.5. The van der Waals surface area contributed by atoms with Crippen LogP contribution in [0.2, 0.25) is 0 Å². The van der Waals surface area contributed by atoms with Crippen molar-refractivity contribution in [3.8, 4) is 0 Å². The van der Waals surface area contributed by atoms with Crippen molar-refractivity contribution in [1.82, 2.24) is 4.90 Å². The Balaban J connectivity index is 1.52. The molecule has 2 fully saturated rings. The minimum Gasteiger partial charge on any atom is -0.481 e. The first-order valence-electron chi connectivity index (χ1n) is 8.47. The molecule has 134 valence electrons. The average molecular weight is 364 g/mol. The van der Waals surface area contributed by atoms with E-state index in [9.17, 15) is 23.1 Å². The molecule has 8 heteroatoms. The van der Waals surface area contributed by atoms with Gasteiger partial charge in [-0.3, -0.25) is 4.79 Å². The van der Waals surface area contributed by atoms with Crippen LogP contribution in [0.5, 0.6) is 0 Å². The molecule has 4 rings (SSSR count). The van der Waals surface area contributed by atoms with E-state index in [4.69, 9.17) is 0 Å². The number of hydrogen-bond acceptors (Lipinski definition) is 4. The predicted octanol–water partition coefficient (Wildman–Crippen LogP) is 1.74. The average Bonchev–Trinajstić information content (AvgIpc) is 3.19. The summed E-state index contributed by atoms with van der Waals surface area (Å²) in [5, 5.41) is 12.3. The van der Waals surface area contributed by atoms with Crippen LogP contribution in [0.3, 0.4) is 0 Å². The van der Waals surface area contributed by atoms with Crippen molar-refractivity contribution in [2.75, 3.05) is 24.2 Å². The number of urea groups is 1. The molecule has 2 atom stereocenters. The summed E-state index contributed by atoms with van der Waals surface area (Å²) in [5.74, 6) is -0.723. The van der Waals surface area contributed by atoms with Gasteiger partial charge in [0.05, 0.1) is 16.1 Å². The fraction of sp³-hybridized carbons (Fsp3) is 0.529. The maximum Gasteiger partial charge on any atom is 0.321 e. The van der Waals surface area contributed by atoms with Gasteiger partial charge in [0, 0.05) is 18.8 Å². The predicted molar refractivity (Wildman–Crippen MR) is 90.2 cm³/mol. The number of aryl methyl sites for hydroxylation is 1. The minimum absolute atomic E-state index is 0.00357. The maximum absolute atomic E-state index is 12.5.